The molecule has 0 radical (unpaired) electrons. The minimum atomic E-state index is -3.41. The first-order chi connectivity index (χ1) is 14.7. The Balaban J connectivity index is 1.67. The number of hydrogen-bond donors (Lipinski definition) is 2. The summed E-state index contributed by atoms with van der Waals surface area (Å²) in [7, 11) is -3.41. The van der Waals surface area contributed by atoms with Gasteiger partial charge in [0.25, 0.3) is 5.91 Å². The van der Waals surface area contributed by atoms with E-state index < -0.39 is 22.1 Å². The molecule has 2 unspecified atom stereocenters. The van der Waals surface area contributed by atoms with Gasteiger partial charge >= 0.3 is 0 Å². The lowest BCUT2D eigenvalue weighted by atomic mass is 10.1. The topological polar surface area (TPSA) is 108 Å². The van der Waals surface area contributed by atoms with E-state index in [2.05, 4.69) is 19.9 Å². The predicted molar refractivity (Wildman–Crippen MR) is 118 cm³/mol. The first-order valence-corrected chi connectivity index (χ1v) is 11.9. The van der Waals surface area contributed by atoms with Crippen LogP contribution >= 0.6 is 0 Å². The van der Waals surface area contributed by atoms with Crippen LogP contribution in [0.2, 0.25) is 0 Å². The second-order valence-corrected chi connectivity index (χ2v) is 9.86. The zero-order chi connectivity index (χ0) is 22.2. The van der Waals surface area contributed by atoms with Crippen LogP contribution < -0.4 is 4.72 Å². The number of amides is 1. The fourth-order valence-electron chi connectivity index (χ4n) is 4.11. The third-order valence-electron chi connectivity index (χ3n) is 5.26. The Morgan fingerprint density at radius 1 is 1.13 bits per heavy atom. The van der Waals surface area contributed by atoms with Gasteiger partial charge in [0.15, 0.2) is 5.82 Å². The number of sulfonamides is 1. The lowest BCUT2D eigenvalue weighted by molar-refractivity contribution is 0.0728. The van der Waals surface area contributed by atoms with Crippen LogP contribution in [0.3, 0.4) is 0 Å². The fraction of sp³-hybridized carbons (Fsp3) is 0.318. The van der Waals surface area contributed by atoms with E-state index in [0.717, 1.165) is 22.9 Å². The molecule has 0 bridgehead atoms. The van der Waals surface area contributed by atoms with Crippen LogP contribution in [0, 0.1) is 13.8 Å². The molecule has 2 heterocycles. The molecule has 3 aromatic rings. The molecule has 1 amide bonds. The van der Waals surface area contributed by atoms with Gasteiger partial charge < -0.3 is 4.90 Å². The molecule has 8 nitrogen and oxygen atoms in total. The van der Waals surface area contributed by atoms with Crippen molar-refractivity contribution in [3.63, 3.8) is 0 Å². The standard InChI is InChI=1S/C22H25N5O3S/c1-14-9-15(2)11-17(10-14)22(28)27-13-18(26-31(3,29)30)12-19(27)21-23-20(24-25-21)16-7-5-4-6-8-16/h4-11,18-19,26H,12-13H2,1-3H3,(H,23,24,25). The van der Waals surface area contributed by atoms with Crippen LogP contribution in [0.4, 0.5) is 0 Å². The SMILES string of the molecule is Cc1cc(C)cc(C(=O)N2CC(NS(C)(=O)=O)CC2c2nc(-c3ccccc3)n[nH]2)c1. The van der Waals surface area contributed by atoms with Crippen LogP contribution in [0.25, 0.3) is 11.4 Å². The van der Waals surface area contributed by atoms with Crippen molar-refractivity contribution in [2.45, 2.75) is 32.4 Å². The van der Waals surface area contributed by atoms with E-state index in [-0.39, 0.29) is 12.5 Å². The fourth-order valence-corrected chi connectivity index (χ4v) is 4.89. The molecule has 1 aromatic heterocycles. The summed E-state index contributed by atoms with van der Waals surface area (Å²) in [4.78, 5) is 19.7. The van der Waals surface area contributed by atoms with Gasteiger partial charge in [-0.25, -0.2) is 18.1 Å². The molecule has 2 atom stereocenters. The number of nitrogens with one attached hydrogen (secondary N) is 2. The van der Waals surface area contributed by atoms with Gasteiger partial charge in [-0.3, -0.25) is 9.89 Å². The van der Waals surface area contributed by atoms with E-state index in [1.54, 1.807) is 4.90 Å². The normalized spacial score (nSPS) is 19.0. The van der Waals surface area contributed by atoms with Gasteiger partial charge in [0.1, 0.15) is 5.82 Å². The van der Waals surface area contributed by atoms with E-state index in [4.69, 9.17) is 0 Å². The molecule has 1 aliphatic heterocycles. The van der Waals surface area contributed by atoms with E-state index >= 15 is 0 Å². The minimum Gasteiger partial charge on any atom is -0.327 e. The first kappa shape index (κ1) is 21.2. The van der Waals surface area contributed by atoms with Gasteiger partial charge in [0, 0.05) is 23.7 Å². The zero-order valence-corrected chi connectivity index (χ0v) is 18.5. The van der Waals surface area contributed by atoms with Crippen LogP contribution in [0.15, 0.2) is 48.5 Å². The molecule has 9 heteroatoms. The molecule has 31 heavy (non-hydrogen) atoms. The van der Waals surface area contributed by atoms with Crippen molar-refractivity contribution in [1.29, 1.82) is 0 Å². The van der Waals surface area contributed by atoms with Gasteiger partial charge in [0.05, 0.1) is 12.3 Å². The molecule has 0 aliphatic carbocycles. The summed E-state index contributed by atoms with van der Waals surface area (Å²) in [5.41, 5.74) is 3.43. The Morgan fingerprint density at radius 3 is 2.45 bits per heavy atom. The largest absolute Gasteiger partial charge is 0.327 e. The zero-order valence-electron chi connectivity index (χ0n) is 17.7. The van der Waals surface area contributed by atoms with Gasteiger partial charge in [-0.1, -0.05) is 47.5 Å². The average Bonchev–Trinajstić information content (AvgIpc) is 3.33. The van der Waals surface area contributed by atoms with E-state index in [1.165, 1.54) is 0 Å². The summed E-state index contributed by atoms with van der Waals surface area (Å²) in [5.74, 6) is 0.913. The second kappa shape index (κ2) is 8.24. The predicted octanol–water partition coefficient (Wildman–Crippen LogP) is 2.59. The lowest BCUT2D eigenvalue weighted by Gasteiger charge is -2.23. The van der Waals surface area contributed by atoms with Crippen molar-refractivity contribution in [1.82, 2.24) is 24.8 Å². The first-order valence-electron chi connectivity index (χ1n) is 10.0. The summed E-state index contributed by atoms with van der Waals surface area (Å²) in [6, 6.07) is 14.4. The van der Waals surface area contributed by atoms with Crippen LogP contribution in [-0.4, -0.2) is 53.2 Å². The van der Waals surface area contributed by atoms with E-state index in [1.807, 2.05) is 62.4 Å². The molecule has 1 fully saturated rings. The molecule has 0 saturated carbocycles. The van der Waals surface area contributed by atoms with Crippen molar-refractivity contribution in [2.24, 2.45) is 0 Å². The number of carbonyl (C=O) groups is 1. The number of aromatic amines is 1. The third kappa shape index (κ3) is 4.83. The second-order valence-electron chi connectivity index (χ2n) is 8.08. The monoisotopic (exact) mass is 439 g/mol. The highest BCUT2D eigenvalue weighted by atomic mass is 32.2. The van der Waals surface area contributed by atoms with E-state index in [9.17, 15) is 13.2 Å². The van der Waals surface area contributed by atoms with Gasteiger partial charge in [-0.05, 0) is 32.4 Å². The number of aromatic nitrogens is 3. The smallest absolute Gasteiger partial charge is 0.254 e. The van der Waals surface area contributed by atoms with Crippen molar-refractivity contribution in [2.75, 3.05) is 12.8 Å². The van der Waals surface area contributed by atoms with Crippen LogP contribution in [0.1, 0.15) is 39.8 Å². The molecule has 2 N–H and O–H groups in total. The molecule has 4 rings (SSSR count). The maximum absolute atomic E-state index is 13.4. The number of carbonyl (C=O) groups excluding carboxylic acids is 1. The van der Waals surface area contributed by atoms with Crippen molar-refractivity contribution >= 4 is 15.9 Å². The number of nitrogens with zero attached hydrogens (tertiary/aromatic N) is 3. The molecular weight excluding hydrogens is 414 g/mol. The molecule has 1 saturated heterocycles. The van der Waals surface area contributed by atoms with Crippen LogP contribution in [-0.2, 0) is 10.0 Å². The van der Waals surface area contributed by atoms with Crippen molar-refractivity contribution in [3.8, 4) is 11.4 Å². The Hall–Kier alpha value is -3.04. The molecule has 162 valence electrons. The maximum atomic E-state index is 13.4. The summed E-state index contributed by atoms with van der Waals surface area (Å²) >= 11 is 0. The average molecular weight is 440 g/mol. The highest BCUT2D eigenvalue weighted by Crippen LogP contribution is 2.33. The Morgan fingerprint density at radius 2 is 1.81 bits per heavy atom. The third-order valence-corrected chi connectivity index (χ3v) is 6.02. The number of likely N-dealkylation sites (tertiary alicyclic amines) is 1. The molecular formula is C22H25N5O3S. The van der Waals surface area contributed by atoms with Crippen molar-refractivity contribution in [3.05, 3.63) is 71.0 Å². The summed E-state index contributed by atoms with van der Waals surface area (Å²) in [6.07, 6.45) is 1.53. The summed E-state index contributed by atoms with van der Waals surface area (Å²) in [6.45, 7) is 4.15. The molecule has 1 aliphatic rings. The number of aryl methyl sites for hydroxylation is 2. The lowest BCUT2D eigenvalue weighted by Crippen LogP contribution is -2.38. The van der Waals surface area contributed by atoms with Crippen LogP contribution in [0.5, 0.6) is 0 Å². The summed E-state index contributed by atoms with van der Waals surface area (Å²) < 4.78 is 26.2. The number of rotatable bonds is 5. The Bertz CT molecular complexity index is 1190. The highest BCUT2D eigenvalue weighted by molar-refractivity contribution is 7.88. The van der Waals surface area contributed by atoms with Gasteiger partial charge in [-0.2, -0.15) is 5.10 Å². The number of H-pyrrole nitrogens is 1. The molecule has 0 spiro atoms. The quantitative estimate of drug-likeness (QED) is 0.635. The Labute approximate surface area is 181 Å². The Kier molecular flexibility index (Phi) is 5.63. The maximum Gasteiger partial charge on any atom is 0.254 e. The number of benzene rings is 2. The number of hydrogen-bond acceptors (Lipinski definition) is 5. The minimum absolute atomic E-state index is 0.160. The van der Waals surface area contributed by atoms with E-state index in [0.29, 0.717) is 23.6 Å². The van der Waals surface area contributed by atoms with Gasteiger partial charge in [-0.15, -0.1) is 0 Å². The highest BCUT2D eigenvalue weighted by Gasteiger charge is 2.39. The molecule has 2 aromatic carbocycles. The van der Waals surface area contributed by atoms with Gasteiger partial charge in [0.2, 0.25) is 10.0 Å². The summed E-state index contributed by atoms with van der Waals surface area (Å²) in [5, 5.41) is 7.27. The van der Waals surface area contributed by atoms with Crippen molar-refractivity contribution < 1.29 is 13.2 Å².